The smallest absolute Gasteiger partial charge is 0.336 e. The Morgan fingerprint density at radius 3 is 2.38 bits per heavy atom. The number of hydrogen-bond acceptors (Lipinski definition) is 4. The second kappa shape index (κ2) is 5.74. The molecule has 0 aliphatic heterocycles. The van der Waals surface area contributed by atoms with E-state index in [0.29, 0.717) is 17.0 Å². The molecule has 1 heterocycles. The summed E-state index contributed by atoms with van der Waals surface area (Å²) < 4.78 is 0. The molecule has 0 spiro atoms. The number of carbonyl (C=O) groups is 2. The molecule has 2 aromatic rings. The highest BCUT2D eigenvalue weighted by Crippen LogP contribution is 2.20. The Hall–Kier alpha value is -2.70. The van der Waals surface area contributed by atoms with E-state index in [-0.39, 0.29) is 11.1 Å². The average Bonchev–Trinajstić information content (AvgIpc) is 2.94. The molecular weight excluding hydrogens is 272 g/mol. The van der Waals surface area contributed by atoms with Gasteiger partial charge in [0.05, 0.1) is 17.2 Å². The molecule has 0 radical (unpaired) electrons. The van der Waals surface area contributed by atoms with Gasteiger partial charge in [-0.05, 0) is 31.9 Å². The van der Waals surface area contributed by atoms with Crippen molar-refractivity contribution in [3.63, 3.8) is 0 Å². The molecule has 2 rings (SSSR count). The van der Waals surface area contributed by atoms with Gasteiger partial charge in [0.1, 0.15) is 12.2 Å². The molecular formula is C14H16N4O3. The lowest BCUT2D eigenvalue weighted by atomic mass is 9.96. The minimum atomic E-state index is -1.12. The fourth-order valence-corrected chi connectivity index (χ4v) is 2.14. The molecule has 7 nitrogen and oxygen atoms in total. The maximum Gasteiger partial charge on any atom is 0.336 e. The topological polar surface area (TPSA) is 108 Å². The van der Waals surface area contributed by atoms with Crippen LogP contribution in [-0.2, 0) is 0 Å². The number of carbonyl (C=O) groups excluding carboxylic acids is 1. The summed E-state index contributed by atoms with van der Waals surface area (Å²) in [6, 6.07) is 3.02. The van der Waals surface area contributed by atoms with Crippen molar-refractivity contribution in [1.29, 1.82) is 0 Å². The van der Waals surface area contributed by atoms with Gasteiger partial charge in [0.25, 0.3) is 5.91 Å². The number of carboxylic acid groups (broad SMARTS) is 1. The van der Waals surface area contributed by atoms with E-state index in [2.05, 4.69) is 20.5 Å². The number of aromatic carboxylic acids is 1. The van der Waals surface area contributed by atoms with E-state index >= 15 is 0 Å². The Labute approximate surface area is 121 Å². The molecule has 21 heavy (non-hydrogen) atoms. The zero-order chi connectivity index (χ0) is 15.6. The van der Waals surface area contributed by atoms with Crippen LogP contribution in [0.15, 0.2) is 18.5 Å². The molecule has 0 saturated heterocycles. The number of aryl methyl sites for hydroxylation is 2. The zero-order valence-electron chi connectivity index (χ0n) is 12.0. The van der Waals surface area contributed by atoms with Gasteiger partial charge >= 0.3 is 5.97 Å². The SMILES string of the molecule is Cc1ccc(C)c(C(=O)NC(C)c2ncn[nH]2)c1C(=O)O. The lowest BCUT2D eigenvalue weighted by molar-refractivity contribution is 0.0689. The molecule has 3 N–H and O–H groups in total. The Morgan fingerprint density at radius 1 is 1.24 bits per heavy atom. The first-order valence-electron chi connectivity index (χ1n) is 6.41. The number of rotatable bonds is 4. The summed E-state index contributed by atoms with van der Waals surface area (Å²) in [5, 5.41) is 18.4. The number of carboxylic acids is 1. The van der Waals surface area contributed by atoms with Gasteiger partial charge < -0.3 is 10.4 Å². The summed E-state index contributed by atoms with van der Waals surface area (Å²) in [6.45, 7) is 5.11. The van der Waals surface area contributed by atoms with Crippen LogP contribution in [0, 0.1) is 13.8 Å². The highest BCUT2D eigenvalue weighted by atomic mass is 16.4. The van der Waals surface area contributed by atoms with Crippen molar-refractivity contribution in [3.05, 3.63) is 46.5 Å². The molecule has 1 unspecified atom stereocenters. The lowest BCUT2D eigenvalue weighted by Crippen LogP contribution is -2.30. The number of aromatic nitrogens is 3. The lowest BCUT2D eigenvalue weighted by Gasteiger charge is -2.15. The molecule has 0 aliphatic carbocycles. The predicted molar refractivity (Wildman–Crippen MR) is 75.1 cm³/mol. The number of nitrogens with one attached hydrogen (secondary N) is 2. The molecule has 1 aromatic carbocycles. The third-order valence-electron chi connectivity index (χ3n) is 3.25. The maximum absolute atomic E-state index is 12.4. The summed E-state index contributed by atoms with van der Waals surface area (Å²) in [7, 11) is 0. The first-order chi connectivity index (χ1) is 9.91. The van der Waals surface area contributed by atoms with Gasteiger partial charge in [-0.2, -0.15) is 5.10 Å². The Kier molecular flexibility index (Phi) is 4.02. The second-order valence-corrected chi connectivity index (χ2v) is 4.82. The molecule has 0 aliphatic rings. The van der Waals surface area contributed by atoms with Gasteiger partial charge in [0, 0.05) is 0 Å². The molecule has 0 fully saturated rings. The Morgan fingerprint density at radius 2 is 1.86 bits per heavy atom. The fourth-order valence-electron chi connectivity index (χ4n) is 2.14. The first-order valence-corrected chi connectivity index (χ1v) is 6.41. The van der Waals surface area contributed by atoms with Crippen LogP contribution in [0.1, 0.15) is 50.6 Å². The minimum Gasteiger partial charge on any atom is -0.478 e. The number of H-pyrrole nitrogens is 1. The highest BCUT2D eigenvalue weighted by molar-refractivity contribution is 6.06. The number of hydrogen-bond donors (Lipinski definition) is 3. The summed E-state index contributed by atoms with van der Waals surface area (Å²) in [5.41, 5.74) is 1.36. The Balaban J connectivity index is 2.35. The number of benzene rings is 1. The number of nitrogens with zero attached hydrogens (tertiary/aromatic N) is 2. The average molecular weight is 288 g/mol. The van der Waals surface area contributed by atoms with Crippen LogP contribution in [0.5, 0.6) is 0 Å². The normalized spacial score (nSPS) is 12.0. The Bertz CT molecular complexity index is 680. The van der Waals surface area contributed by atoms with Crippen LogP contribution < -0.4 is 5.32 Å². The van der Waals surface area contributed by atoms with Gasteiger partial charge in [-0.1, -0.05) is 12.1 Å². The molecule has 1 atom stereocenters. The predicted octanol–water partition coefficient (Wildman–Crippen LogP) is 1.61. The highest BCUT2D eigenvalue weighted by Gasteiger charge is 2.23. The van der Waals surface area contributed by atoms with E-state index in [0.717, 1.165) is 0 Å². The van der Waals surface area contributed by atoms with Crippen LogP contribution >= 0.6 is 0 Å². The molecule has 0 bridgehead atoms. The van der Waals surface area contributed by atoms with Crippen molar-refractivity contribution in [3.8, 4) is 0 Å². The van der Waals surface area contributed by atoms with Gasteiger partial charge in [-0.25, -0.2) is 9.78 Å². The number of aromatic amines is 1. The van der Waals surface area contributed by atoms with E-state index in [4.69, 9.17) is 0 Å². The monoisotopic (exact) mass is 288 g/mol. The molecule has 1 amide bonds. The van der Waals surface area contributed by atoms with Gasteiger partial charge in [0.15, 0.2) is 0 Å². The van der Waals surface area contributed by atoms with Crippen LogP contribution in [0.4, 0.5) is 0 Å². The zero-order valence-corrected chi connectivity index (χ0v) is 12.0. The van der Waals surface area contributed by atoms with Crippen LogP contribution in [-0.4, -0.2) is 32.2 Å². The third-order valence-corrected chi connectivity index (χ3v) is 3.25. The van der Waals surface area contributed by atoms with Crippen molar-refractivity contribution in [2.24, 2.45) is 0 Å². The summed E-state index contributed by atoms with van der Waals surface area (Å²) >= 11 is 0. The summed E-state index contributed by atoms with van der Waals surface area (Å²) in [6.07, 6.45) is 1.35. The first kappa shape index (κ1) is 14.7. The maximum atomic E-state index is 12.4. The van der Waals surface area contributed by atoms with E-state index < -0.39 is 17.9 Å². The van der Waals surface area contributed by atoms with E-state index in [1.54, 1.807) is 32.9 Å². The van der Waals surface area contributed by atoms with E-state index in [1.807, 2.05) is 0 Å². The van der Waals surface area contributed by atoms with Crippen molar-refractivity contribution >= 4 is 11.9 Å². The molecule has 1 aromatic heterocycles. The van der Waals surface area contributed by atoms with Crippen molar-refractivity contribution in [2.75, 3.05) is 0 Å². The molecule has 110 valence electrons. The van der Waals surface area contributed by atoms with E-state index in [1.165, 1.54) is 6.33 Å². The van der Waals surface area contributed by atoms with Gasteiger partial charge in [-0.15, -0.1) is 0 Å². The van der Waals surface area contributed by atoms with Crippen LogP contribution in [0.3, 0.4) is 0 Å². The fraction of sp³-hybridized carbons (Fsp3) is 0.286. The summed E-state index contributed by atoms with van der Waals surface area (Å²) in [5.74, 6) is -1.06. The van der Waals surface area contributed by atoms with Gasteiger partial charge in [0.2, 0.25) is 0 Å². The van der Waals surface area contributed by atoms with E-state index in [9.17, 15) is 14.7 Å². The summed E-state index contributed by atoms with van der Waals surface area (Å²) in [4.78, 5) is 27.8. The molecule has 0 saturated carbocycles. The molecule has 7 heteroatoms. The van der Waals surface area contributed by atoms with Crippen LogP contribution in [0.2, 0.25) is 0 Å². The van der Waals surface area contributed by atoms with Crippen molar-refractivity contribution < 1.29 is 14.7 Å². The van der Waals surface area contributed by atoms with Crippen molar-refractivity contribution in [2.45, 2.75) is 26.8 Å². The minimum absolute atomic E-state index is 0.0252. The quantitative estimate of drug-likeness (QED) is 0.792. The largest absolute Gasteiger partial charge is 0.478 e. The number of amides is 1. The standard InChI is InChI=1S/C14H16N4O3/c1-7-4-5-8(2)11(14(20)21)10(7)13(19)17-9(3)12-15-6-16-18-12/h4-6,9H,1-3H3,(H,17,19)(H,20,21)(H,15,16,18). The van der Waals surface area contributed by atoms with Gasteiger partial charge in [-0.3, -0.25) is 9.89 Å². The second-order valence-electron chi connectivity index (χ2n) is 4.82. The van der Waals surface area contributed by atoms with Crippen molar-refractivity contribution in [1.82, 2.24) is 20.5 Å². The third kappa shape index (κ3) is 2.91. The van der Waals surface area contributed by atoms with Crippen LogP contribution in [0.25, 0.3) is 0 Å².